The fourth-order valence-electron chi connectivity index (χ4n) is 2.07. The number of nitrogens with zero attached hydrogens (tertiary/aromatic N) is 1. The van der Waals surface area contributed by atoms with Crippen molar-refractivity contribution in [2.45, 2.75) is 24.0 Å². The van der Waals surface area contributed by atoms with Crippen molar-refractivity contribution in [3.63, 3.8) is 0 Å². The summed E-state index contributed by atoms with van der Waals surface area (Å²) in [5.74, 6) is 0.319. The Morgan fingerprint density at radius 1 is 1.14 bits per heavy atom. The SMILES string of the molecule is CCN(C(=O)C(C)Sc1ccc(O)cc1)c1ccccc1. The Hall–Kier alpha value is -1.94. The van der Waals surface area contributed by atoms with Gasteiger partial charge in [0.2, 0.25) is 5.91 Å². The molecular formula is C17H19NO2S. The highest BCUT2D eigenvalue weighted by atomic mass is 32.2. The summed E-state index contributed by atoms with van der Waals surface area (Å²) in [5, 5.41) is 9.11. The van der Waals surface area contributed by atoms with Crippen LogP contribution in [0.2, 0.25) is 0 Å². The van der Waals surface area contributed by atoms with E-state index in [0.717, 1.165) is 10.6 Å². The first kappa shape index (κ1) is 15.4. The number of hydrogen-bond acceptors (Lipinski definition) is 3. The van der Waals surface area contributed by atoms with Gasteiger partial charge < -0.3 is 10.0 Å². The number of benzene rings is 2. The Balaban J connectivity index is 2.08. The predicted molar refractivity (Wildman–Crippen MR) is 87.9 cm³/mol. The lowest BCUT2D eigenvalue weighted by molar-refractivity contribution is -0.117. The minimum atomic E-state index is -0.185. The zero-order chi connectivity index (χ0) is 15.2. The first-order chi connectivity index (χ1) is 10.1. The molecule has 0 aliphatic carbocycles. The molecule has 0 saturated heterocycles. The second-order valence-electron chi connectivity index (χ2n) is 4.67. The molecule has 1 atom stereocenters. The average molecular weight is 301 g/mol. The van der Waals surface area contributed by atoms with E-state index in [1.54, 1.807) is 17.0 Å². The number of phenolic OH excluding ortho intramolecular Hbond substituents is 1. The first-order valence-electron chi connectivity index (χ1n) is 6.94. The Morgan fingerprint density at radius 2 is 1.76 bits per heavy atom. The normalized spacial score (nSPS) is 11.9. The average Bonchev–Trinajstić information content (AvgIpc) is 2.51. The van der Waals surface area contributed by atoms with Gasteiger partial charge in [-0.05, 0) is 50.2 Å². The lowest BCUT2D eigenvalue weighted by Crippen LogP contribution is -2.36. The molecule has 1 amide bonds. The van der Waals surface area contributed by atoms with Crippen LogP contribution in [0.25, 0.3) is 0 Å². The van der Waals surface area contributed by atoms with Gasteiger partial charge in [0.25, 0.3) is 0 Å². The number of para-hydroxylation sites is 1. The van der Waals surface area contributed by atoms with Crippen LogP contribution in [-0.2, 0) is 4.79 Å². The maximum absolute atomic E-state index is 12.6. The second kappa shape index (κ2) is 7.18. The van der Waals surface area contributed by atoms with Gasteiger partial charge in [0, 0.05) is 17.1 Å². The van der Waals surface area contributed by atoms with Crippen LogP contribution in [0.1, 0.15) is 13.8 Å². The Morgan fingerprint density at radius 3 is 2.33 bits per heavy atom. The van der Waals surface area contributed by atoms with Gasteiger partial charge in [-0.25, -0.2) is 0 Å². The monoisotopic (exact) mass is 301 g/mol. The molecule has 0 aliphatic rings. The molecule has 0 bridgehead atoms. The molecule has 2 aromatic rings. The maximum atomic E-state index is 12.6. The minimum Gasteiger partial charge on any atom is -0.508 e. The number of thioether (sulfide) groups is 1. The molecule has 3 nitrogen and oxygen atoms in total. The van der Waals surface area contributed by atoms with Gasteiger partial charge in [-0.1, -0.05) is 18.2 Å². The summed E-state index contributed by atoms with van der Waals surface area (Å²) >= 11 is 1.50. The van der Waals surface area contributed by atoms with E-state index in [4.69, 9.17) is 0 Å². The van der Waals surface area contributed by atoms with Crippen LogP contribution >= 0.6 is 11.8 Å². The van der Waals surface area contributed by atoms with Gasteiger partial charge in [0.15, 0.2) is 0 Å². The van der Waals surface area contributed by atoms with E-state index in [0.29, 0.717) is 6.54 Å². The van der Waals surface area contributed by atoms with Gasteiger partial charge in [-0.3, -0.25) is 4.79 Å². The molecule has 0 aliphatic heterocycles. The standard InChI is InChI=1S/C17H19NO2S/c1-3-18(14-7-5-4-6-8-14)17(20)13(2)21-16-11-9-15(19)10-12-16/h4-13,19H,3H2,1-2H3. The summed E-state index contributed by atoms with van der Waals surface area (Å²) in [6, 6.07) is 16.6. The summed E-state index contributed by atoms with van der Waals surface area (Å²) in [7, 11) is 0. The molecule has 0 radical (unpaired) electrons. The number of hydrogen-bond donors (Lipinski definition) is 1. The van der Waals surface area contributed by atoms with Crippen LogP contribution in [0.4, 0.5) is 5.69 Å². The summed E-state index contributed by atoms with van der Waals surface area (Å²) in [5.41, 5.74) is 0.920. The molecule has 2 aromatic carbocycles. The summed E-state index contributed by atoms with van der Waals surface area (Å²) < 4.78 is 0. The number of anilines is 1. The largest absolute Gasteiger partial charge is 0.508 e. The van der Waals surface area contributed by atoms with Gasteiger partial charge in [0.05, 0.1) is 5.25 Å². The third kappa shape index (κ3) is 4.02. The van der Waals surface area contributed by atoms with Crippen molar-refractivity contribution in [1.82, 2.24) is 0 Å². The lowest BCUT2D eigenvalue weighted by atomic mass is 10.2. The molecule has 0 spiro atoms. The van der Waals surface area contributed by atoms with E-state index in [2.05, 4.69) is 0 Å². The Kier molecular flexibility index (Phi) is 5.28. The predicted octanol–water partition coefficient (Wildman–Crippen LogP) is 3.93. The Labute approximate surface area is 129 Å². The topological polar surface area (TPSA) is 40.5 Å². The number of rotatable bonds is 5. The number of aromatic hydroxyl groups is 1. The Bertz CT molecular complexity index is 583. The van der Waals surface area contributed by atoms with Crippen LogP contribution in [0.5, 0.6) is 5.75 Å². The van der Waals surface area contributed by atoms with Gasteiger partial charge in [-0.2, -0.15) is 0 Å². The minimum absolute atomic E-state index is 0.0850. The smallest absolute Gasteiger partial charge is 0.240 e. The van der Waals surface area contributed by atoms with Crippen molar-refractivity contribution in [3.05, 3.63) is 54.6 Å². The summed E-state index contributed by atoms with van der Waals surface area (Å²) in [6.45, 7) is 4.53. The quantitative estimate of drug-likeness (QED) is 0.851. The van der Waals surface area contributed by atoms with Crippen LogP contribution in [0.15, 0.2) is 59.5 Å². The van der Waals surface area contributed by atoms with Gasteiger partial charge in [-0.15, -0.1) is 11.8 Å². The van der Waals surface area contributed by atoms with Crippen LogP contribution in [0, 0.1) is 0 Å². The van der Waals surface area contributed by atoms with E-state index in [9.17, 15) is 9.90 Å². The van der Waals surface area contributed by atoms with E-state index in [1.807, 2.05) is 56.3 Å². The molecule has 1 N–H and O–H groups in total. The zero-order valence-corrected chi connectivity index (χ0v) is 13.0. The lowest BCUT2D eigenvalue weighted by Gasteiger charge is -2.24. The van der Waals surface area contributed by atoms with Crippen LogP contribution in [0.3, 0.4) is 0 Å². The van der Waals surface area contributed by atoms with Crippen LogP contribution < -0.4 is 4.90 Å². The number of carbonyl (C=O) groups is 1. The highest BCUT2D eigenvalue weighted by Gasteiger charge is 2.21. The van der Waals surface area contributed by atoms with Crippen molar-refractivity contribution in [1.29, 1.82) is 0 Å². The summed E-state index contributed by atoms with van der Waals surface area (Å²) in [6.07, 6.45) is 0. The molecule has 4 heteroatoms. The van der Waals surface area contributed by atoms with Crippen molar-refractivity contribution in [2.24, 2.45) is 0 Å². The zero-order valence-electron chi connectivity index (χ0n) is 12.2. The first-order valence-corrected chi connectivity index (χ1v) is 7.82. The number of phenols is 1. The third-order valence-corrected chi connectivity index (χ3v) is 4.25. The van der Waals surface area contributed by atoms with Crippen LogP contribution in [-0.4, -0.2) is 22.8 Å². The fraction of sp³-hybridized carbons (Fsp3) is 0.235. The fourth-order valence-corrected chi connectivity index (χ4v) is 3.00. The molecule has 0 saturated carbocycles. The number of amides is 1. The molecule has 2 rings (SSSR count). The number of carbonyl (C=O) groups excluding carboxylic acids is 1. The molecular weight excluding hydrogens is 282 g/mol. The van der Waals surface area contributed by atoms with Crippen molar-refractivity contribution in [2.75, 3.05) is 11.4 Å². The summed E-state index contributed by atoms with van der Waals surface area (Å²) in [4.78, 5) is 15.4. The molecule has 0 aromatic heterocycles. The third-order valence-electron chi connectivity index (χ3n) is 3.15. The highest BCUT2D eigenvalue weighted by Crippen LogP contribution is 2.27. The van der Waals surface area contributed by atoms with Crippen molar-refractivity contribution in [3.8, 4) is 5.75 Å². The maximum Gasteiger partial charge on any atom is 0.240 e. The van der Waals surface area contributed by atoms with E-state index in [-0.39, 0.29) is 16.9 Å². The van der Waals surface area contributed by atoms with E-state index < -0.39 is 0 Å². The second-order valence-corrected chi connectivity index (χ2v) is 6.09. The molecule has 21 heavy (non-hydrogen) atoms. The van der Waals surface area contributed by atoms with E-state index >= 15 is 0 Å². The molecule has 110 valence electrons. The van der Waals surface area contributed by atoms with Crippen molar-refractivity contribution >= 4 is 23.4 Å². The molecule has 0 fully saturated rings. The van der Waals surface area contributed by atoms with Gasteiger partial charge in [0.1, 0.15) is 5.75 Å². The highest BCUT2D eigenvalue weighted by molar-refractivity contribution is 8.00. The van der Waals surface area contributed by atoms with Gasteiger partial charge >= 0.3 is 0 Å². The van der Waals surface area contributed by atoms with Crippen molar-refractivity contribution < 1.29 is 9.90 Å². The molecule has 0 heterocycles. The van der Waals surface area contributed by atoms with E-state index in [1.165, 1.54) is 11.8 Å². The molecule has 1 unspecified atom stereocenters.